The first-order valence-electron chi connectivity index (χ1n) is 2.35. The van der Waals surface area contributed by atoms with Gasteiger partial charge >= 0.3 is 5.69 Å². The van der Waals surface area contributed by atoms with E-state index in [9.17, 15) is 10.1 Å². The molecular weight excluding hydrogens is 154 g/mol. The van der Waals surface area contributed by atoms with Crippen LogP contribution in [0.3, 0.4) is 0 Å². The third-order valence-corrected chi connectivity index (χ3v) is 1.07. The first-order valence-corrected chi connectivity index (χ1v) is 2.80. The molecule has 0 bridgehead atoms. The van der Waals surface area contributed by atoms with Crippen LogP contribution in [0.1, 0.15) is 0 Å². The van der Waals surface area contributed by atoms with Gasteiger partial charge in [0.05, 0.1) is 4.92 Å². The largest absolute Gasteiger partial charge is 0.305 e. The number of aromatic nitrogens is 2. The molecule has 1 aromatic rings. The Morgan fingerprint density at radius 1 is 1.50 bits per heavy atom. The molecule has 10 heavy (non-hydrogen) atoms. The van der Waals surface area contributed by atoms with Gasteiger partial charge in [-0.15, -0.1) is 12.6 Å². The lowest BCUT2D eigenvalue weighted by Crippen LogP contribution is -1.90. The summed E-state index contributed by atoms with van der Waals surface area (Å²) in [6.07, 6.45) is 2.21. The maximum atomic E-state index is 10.0. The summed E-state index contributed by atoms with van der Waals surface area (Å²) in [5.41, 5.74) is -0.127. The van der Waals surface area contributed by atoms with Crippen LogP contribution in [-0.4, -0.2) is 14.9 Å². The van der Waals surface area contributed by atoms with Crippen molar-refractivity contribution in [2.75, 3.05) is 0 Å². The second-order valence-corrected chi connectivity index (χ2v) is 1.90. The molecule has 0 aromatic carbocycles. The second kappa shape index (κ2) is 2.61. The lowest BCUT2D eigenvalue weighted by molar-refractivity contribution is -0.385. The molecule has 5 nitrogen and oxygen atoms in total. The highest BCUT2D eigenvalue weighted by Gasteiger charge is 2.03. The van der Waals surface area contributed by atoms with Gasteiger partial charge in [0.15, 0.2) is 5.16 Å². The molecule has 0 aliphatic rings. The van der Waals surface area contributed by atoms with Gasteiger partial charge in [-0.2, -0.15) is 0 Å². The Morgan fingerprint density at radius 3 is 2.40 bits per heavy atom. The van der Waals surface area contributed by atoms with Crippen molar-refractivity contribution in [3.63, 3.8) is 0 Å². The van der Waals surface area contributed by atoms with Crippen molar-refractivity contribution < 1.29 is 4.92 Å². The zero-order chi connectivity index (χ0) is 7.56. The molecule has 0 amide bonds. The van der Waals surface area contributed by atoms with Crippen molar-refractivity contribution in [2.45, 2.75) is 5.16 Å². The number of nitrogens with zero attached hydrogens (tertiary/aromatic N) is 3. The summed E-state index contributed by atoms with van der Waals surface area (Å²) < 4.78 is 0. The van der Waals surface area contributed by atoms with Crippen LogP contribution in [0.25, 0.3) is 0 Å². The summed E-state index contributed by atoms with van der Waals surface area (Å²) in [5, 5.41) is 10.2. The van der Waals surface area contributed by atoms with Crippen LogP contribution in [0.4, 0.5) is 5.69 Å². The highest BCUT2D eigenvalue weighted by molar-refractivity contribution is 7.80. The zero-order valence-electron chi connectivity index (χ0n) is 4.76. The van der Waals surface area contributed by atoms with E-state index in [2.05, 4.69) is 22.6 Å². The molecule has 0 aliphatic carbocycles. The maximum absolute atomic E-state index is 10.0. The minimum Gasteiger partial charge on any atom is -0.258 e. The van der Waals surface area contributed by atoms with Crippen molar-refractivity contribution in [1.82, 2.24) is 9.97 Å². The molecule has 0 saturated heterocycles. The number of hydrogen-bond acceptors (Lipinski definition) is 5. The Morgan fingerprint density at radius 2 is 2.00 bits per heavy atom. The topological polar surface area (TPSA) is 68.9 Å². The third-order valence-electron chi connectivity index (χ3n) is 0.835. The number of thiol groups is 1. The molecule has 0 spiro atoms. The zero-order valence-corrected chi connectivity index (χ0v) is 5.65. The highest BCUT2D eigenvalue weighted by atomic mass is 32.1. The van der Waals surface area contributed by atoms with E-state index >= 15 is 0 Å². The molecule has 1 heterocycles. The van der Waals surface area contributed by atoms with Gasteiger partial charge in [-0.05, 0) is 0 Å². The molecule has 0 atom stereocenters. The fourth-order valence-corrected chi connectivity index (χ4v) is 0.524. The van der Waals surface area contributed by atoms with E-state index < -0.39 is 4.92 Å². The Bertz CT molecular complexity index is 247. The van der Waals surface area contributed by atoms with Gasteiger partial charge in [-0.25, -0.2) is 9.97 Å². The van der Waals surface area contributed by atoms with Crippen LogP contribution < -0.4 is 0 Å². The fraction of sp³-hybridized carbons (Fsp3) is 0. The maximum Gasteiger partial charge on any atom is 0.305 e. The van der Waals surface area contributed by atoms with Gasteiger partial charge in [0.1, 0.15) is 12.4 Å². The average molecular weight is 157 g/mol. The Kier molecular flexibility index (Phi) is 1.81. The van der Waals surface area contributed by atoms with Crippen LogP contribution in [-0.2, 0) is 0 Å². The summed E-state index contributed by atoms with van der Waals surface area (Å²) >= 11 is 3.76. The van der Waals surface area contributed by atoms with E-state index in [0.29, 0.717) is 0 Å². The molecule has 0 radical (unpaired) electrons. The minimum atomic E-state index is -0.562. The molecule has 0 unspecified atom stereocenters. The van der Waals surface area contributed by atoms with E-state index in [1.165, 1.54) is 0 Å². The first-order chi connectivity index (χ1) is 4.70. The third kappa shape index (κ3) is 1.41. The molecule has 0 aliphatic heterocycles. The Balaban J connectivity index is 3.00. The number of rotatable bonds is 1. The summed E-state index contributed by atoms with van der Waals surface area (Å²) in [7, 11) is 0. The molecule has 0 fully saturated rings. The van der Waals surface area contributed by atoms with Crippen molar-refractivity contribution in [2.24, 2.45) is 0 Å². The van der Waals surface area contributed by atoms with Gasteiger partial charge in [0.2, 0.25) is 0 Å². The van der Waals surface area contributed by atoms with Crippen molar-refractivity contribution in [3.8, 4) is 0 Å². The molecule has 52 valence electrons. The first kappa shape index (κ1) is 6.94. The van der Waals surface area contributed by atoms with Gasteiger partial charge in [-0.3, -0.25) is 10.1 Å². The van der Waals surface area contributed by atoms with E-state index in [4.69, 9.17) is 0 Å². The van der Waals surface area contributed by atoms with Crippen LogP contribution in [0, 0.1) is 10.1 Å². The Labute approximate surface area is 61.7 Å². The van der Waals surface area contributed by atoms with Crippen LogP contribution in [0.2, 0.25) is 0 Å². The summed E-state index contributed by atoms with van der Waals surface area (Å²) in [6.45, 7) is 0. The molecule has 6 heteroatoms. The average Bonchev–Trinajstić information content (AvgIpc) is 1.88. The van der Waals surface area contributed by atoms with Crippen molar-refractivity contribution >= 4 is 18.3 Å². The van der Waals surface area contributed by atoms with Crippen molar-refractivity contribution in [3.05, 3.63) is 22.5 Å². The SMILES string of the molecule is O=[N+]([O-])c1cnc(S)nc1. The molecule has 0 N–H and O–H groups in total. The van der Waals surface area contributed by atoms with E-state index in [0.717, 1.165) is 12.4 Å². The minimum absolute atomic E-state index is 0.127. The predicted octanol–water partition coefficient (Wildman–Crippen LogP) is 0.673. The van der Waals surface area contributed by atoms with Gasteiger partial charge in [0.25, 0.3) is 0 Å². The molecule has 1 rings (SSSR count). The van der Waals surface area contributed by atoms with Crippen LogP contribution in [0.5, 0.6) is 0 Å². The second-order valence-electron chi connectivity index (χ2n) is 1.50. The Hall–Kier alpha value is -1.17. The number of hydrogen-bond donors (Lipinski definition) is 1. The molecule has 1 aromatic heterocycles. The fourth-order valence-electron chi connectivity index (χ4n) is 0.409. The van der Waals surface area contributed by atoms with Gasteiger partial charge in [-0.1, -0.05) is 0 Å². The predicted molar refractivity (Wildman–Crippen MR) is 35.9 cm³/mol. The summed E-state index contributed by atoms with van der Waals surface area (Å²) in [6, 6.07) is 0. The van der Waals surface area contributed by atoms with E-state index in [1.54, 1.807) is 0 Å². The van der Waals surface area contributed by atoms with E-state index in [-0.39, 0.29) is 10.8 Å². The van der Waals surface area contributed by atoms with E-state index in [1.807, 2.05) is 0 Å². The highest BCUT2D eigenvalue weighted by Crippen LogP contribution is 2.06. The molecule has 0 saturated carbocycles. The van der Waals surface area contributed by atoms with Gasteiger partial charge in [0, 0.05) is 0 Å². The monoisotopic (exact) mass is 157 g/mol. The van der Waals surface area contributed by atoms with Crippen molar-refractivity contribution in [1.29, 1.82) is 0 Å². The van der Waals surface area contributed by atoms with Crippen LogP contribution in [0.15, 0.2) is 17.6 Å². The quantitative estimate of drug-likeness (QED) is 0.281. The lowest BCUT2D eigenvalue weighted by atomic mass is 10.6. The standard InChI is InChI=1S/C4H3N3O2S/c8-7(9)3-1-5-4(10)6-2-3/h1-2H,(H,5,6,10). The number of nitro groups is 1. The van der Waals surface area contributed by atoms with Crippen LogP contribution >= 0.6 is 12.6 Å². The van der Waals surface area contributed by atoms with Gasteiger partial charge < -0.3 is 0 Å². The normalized spacial score (nSPS) is 9.30. The molecular formula is C4H3N3O2S. The summed E-state index contributed by atoms with van der Waals surface area (Å²) in [4.78, 5) is 16.5. The summed E-state index contributed by atoms with van der Waals surface area (Å²) in [5.74, 6) is 0. The lowest BCUT2D eigenvalue weighted by Gasteiger charge is -1.88. The smallest absolute Gasteiger partial charge is 0.258 e.